The van der Waals surface area contributed by atoms with Crippen molar-refractivity contribution < 1.29 is 4.74 Å². The van der Waals surface area contributed by atoms with Gasteiger partial charge >= 0.3 is 0 Å². The maximum Gasteiger partial charge on any atom is 0.276 e. The highest BCUT2D eigenvalue weighted by Crippen LogP contribution is 2.37. The van der Waals surface area contributed by atoms with E-state index in [-0.39, 0.29) is 22.9 Å². The molecule has 0 bridgehead atoms. The Bertz CT molecular complexity index is 1080. The van der Waals surface area contributed by atoms with Gasteiger partial charge in [-0.15, -0.1) is 11.6 Å². The van der Waals surface area contributed by atoms with E-state index in [1.54, 1.807) is 10.7 Å². The smallest absolute Gasteiger partial charge is 0.276 e. The molecule has 3 atom stereocenters. The van der Waals surface area contributed by atoms with E-state index in [1.165, 1.54) is 0 Å². The number of rotatable bonds is 4. The lowest BCUT2D eigenvalue weighted by molar-refractivity contribution is 0.0832. The second-order valence-corrected chi connectivity index (χ2v) is 8.84. The van der Waals surface area contributed by atoms with E-state index in [1.807, 2.05) is 30.3 Å². The molecule has 0 saturated carbocycles. The molecule has 8 heteroatoms. The molecule has 158 valence electrons. The molecule has 7 nitrogen and oxygen atoms in total. The zero-order valence-corrected chi connectivity index (χ0v) is 17.8. The van der Waals surface area contributed by atoms with E-state index in [2.05, 4.69) is 21.8 Å². The molecule has 0 spiro atoms. The van der Waals surface area contributed by atoms with Crippen LogP contribution in [0.3, 0.4) is 0 Å². The van der Waals surface area contributed by atoms with Crippen molar-refractivity contribution in [3.05, 3.63) is 64.1 Å². The fourth-order valence-corrected chi connectivity index (χ4v) is 5.01. The van der Waals surface area contributed by atoms with Gasteiger partial charge in [-0.1, -0.05) is 37.3 Å². The summed E-state index contributed by atoms with van der Waals surface area (Å²) < 4.78 is 7.24. The average Bonchev–Trinajstić information content (AvgIpc) is 3.38. The Morgan fingerprint density at radius 2 is 1.97 bits per heavy atom. The number of hydrogen-bond donors (Lipinski definition) is 1. The second kappa shape index (κ2) is 8.13. The molecule has 0 radical (unpaired) electrons. The van der Waals surface area contributed by atoms with Gasteiger partial charge in [0.05, 0.1) is 6.20 Å². The van der Waals surface area contributed by atoms with Crippen molar-refractivity contribution >= 4 is 17.1 Å². The number of nitrogens with zero attached hydrogens (tertiary/aromatic N) is 4. The summed E-state index contributed by atoms with van der Waals surface area (Å²) in [5, 5.41) is 4.86. The van der Waals surface area contributed by atoms with Gasteiger partial charge in [0.15, 0.2) is 5.52 Å². The van der Waals surface area contributed by atoms with Crippen LogP contribution in [0.25, 0.3) is 5.52 Å². The first kappa shape index (κ1) is 19.7. The number of aromatic amines is 1. The highest BCUT2D eigenvalue weighted by atomic mass is 35.5. The Hall–Kier alpha value is -2.22. The Morgan fingerprint density at radius 3 is 2.73 bits per heavy atom. The number of hydrogen-bond acceptors (Lipinski definition) is 5. The third kappa shape index (κ3) is 3.55. The minimum Gasteiger partial charge on any atom is -0.381 e. The highest BCUT2D eigenvalue weighted by Gasteiger charge is 2.36. The number of fused-ring (bicyclic) bond motifs is 1. The number of nitrogens with one attached hydrogen (secondary N) is 1. The fraction of sp³-hybridized carbons (Fsp3) is 0.500. The van der Waals surface area contributed by atoms with Gasteiger partial charge in [0.2, 0.25) is 0 Å². The lowest BCUT2D eigenvalue weighted by Gasteiger charge is -2.22. The van der Waals surface area contributed by atoms with Gasteiger partial charge in [-0.2, -0.15) is 5.10 Å². The summed E-state index contributed by atoms with van der Waals surface area (Å²) in [5.41, 5.74) is 1.25. The number of halogens is 1. The van der Waals surface area contributed by atoms with Gasteiger partial charge in [0, 0.05) is 38.1 Å². The van der Waals surface area contributed by atoms with Crippen LogP contribution in [0.1, 0.15) is 54.3 Å². The van der Waals surface area contributed by atoms with Crippen LogP contribution in [0.4, 0.5) is 0 Å². The van der Waals surface area contributed by atoms with Crippen molar-refractivity contribution in [3.8, 4) is 0 Å². The normalized spacial score (nSPS) is 24.5. The van der Waals surface area contributed by atoms with Gasteiger partial charge < -0.3 is 9.72 Å². The Balaban J connectivity index is 1.45. The average molecular weight is 428 g/mol. The molecule has 3 unspecified atom stereocenters. The van der Waals surface area contributed by atoms with E-state index in [0.717, 1.165) is 50.5 Å². The molecular weight excluding hydrogens is 402 g/mol. The largest absolute Gasteiger partial charge is 0.381 e. The fourth-order valence-electron chi connectivity index (χ4n) is 4.70. The first-order valence-corrected chi connectivity index (χ1v) is 11.0. The molecular formula is C22H26ClN5O2. The predicted octanol–water partition coefficient (Wildman–Crippen LogP) is 3.28. The Morgan fingerprint density at radius 1 is 1.20 bits per heavy atom. The van der Waals surface area contributed by atoms with Crippen LogP contribution in [0.5, 0.6) is 0 Å². The van der Waals surface area contributed by atoms with Crippen LogP contribution in [-0.4, -0.2) is 50.8 Å². The third-order valence-corrected chi connectivity index (χ3v) is 6.95. The molecule has 3 aromatic rings. The van der Waals surface area contributed by atoms with Crippen molar-refractivity contribution in [2.24, 2.45) is 5.92 Å². The summed E-state index contributed by atoms with van der Waals surface area (Å²) in [6.45, 7) is 5.24. The van der Waals surface area contributed by atoms with Gasteiger partial charge in [-0.3, -0.25) is 9.69 Å². The number of H-pyrrole nitrogens is 1. The molecule has 2 aromatic heterocycles. The summed E-state index contributed by atoms with van der Waals surface area (Å²) in [5.74, 6) is 2.28. The zero-order chi connectivity index (χ0) is 20.7. The molecule has 2 fully saturated rings. The second-order valence-electron chi connectivity index (χ2n) is 8.42. The van der Waals surface area contributed by atoms with Gasteiger partial charge in [0.1, 0.15) is 17.1 Å². The standard InChI is InChI=1S/C22H26ClN5O2/c1-14-12-27(19(23)15-5-3-2-4-6-15)13-17(14)20-25-22(29)18-11-24-21(28(18)26-20)16-7-9-30-10-8-16/h2-6,11,14,16-17,19H,7-10,12-13H2,1H3,(H,25,26,29). The summed E-state index contributed by atoms with van der Waals surface area (Å²) in [6, 6.07) is 10.1. The van der Waals surface area contributed by atoms with Crippen molar-refractivity contribution in [1.82, 2.24) is 24.5 Å². The van der Waals surface area contributed by atoms with Crippen LogP contribution >= 0.6 is 11.6 Å². The summed E-state index contributed by atoms with van der Waals surface area (Å²) in [7, 11) is 0. The number of imidazole rings is 1. The monoisotopic (exact) mass is 427 g/mol. The topological polar surface area (TPSA) is 75.5 Å². The lowest BCUT2D eigenvalue weighted by Crippen LogP contribution is -2.25. The molecule has 2 aliphatic heterocycles. The van der Waals surface area contributed by atoms with Crippen LogP contribution in [0, 0.1) is 5.92 Å². The zero-order valence-electron chi connectivity index (χ0n) is 17.0. The molecule has 30 heavy (non-hydrogen) atoms. The van der Waals surface area contributed by atoms with E-state index < -0.39 is 0 Å². The Labute approximate surface area is 180 Å². The minimum atomic E-state index is -0.194. The van der Waals surface area contributed by atoms with Crippen molar-refractivity contribution in [2.45, 2.75) is 37.1 Å². The minimum absolute atomic E-state index is 0.108. The van der Waals surface area contributed by atoms with Gasteiger partial charge in [-0.05, 0) is 24.3 Å². The number of benzene rings is 1. The predicted molar refractivity (Wildman–Crippen MR) is 115 cm³/mol. The molecule has 0 aliphatic carbocycles. The number of aromatic nitrogens is 4. The maximum atomic E-state index is 12.8. The Kier molecular flexibility index (Phi) is 5.35. The number of likely N-dealkylation sites (tertiary alicyclic amines) is 1. The van der Waals surface area contributed by atoms with E-state index in [9.17, 15) is 4.79 Å². The first-order chi connectivity index (χ1) is 14.6. The highest BCUT2D eigenvalue weighted by molar-refractivity contribution is 6.20. The molecule has 4 heterocycles. The van der Waals surface area contributed by atoms with Gasteiger partial charge in [-0.25, -0.2) is 9.50 Å². The maximum absolute atomic E-state index is 12.8. The summed E-state index contributed by atoms with van der Waals surface area (Å²) in [6.07, 6.45) is 3.44. The molecule has 0 amide bonds. The number of ether oxygens (including phenoxy) is 1. The lowest BCUT2D eigenvalue weighted by atomic mass is 9.97. The van der Waals surface area contributed by atoms with Crippen molar-refractivity contribution in [1.29, 1.82) is 0 Å². The van der Waals surface area contributed by atoms with E-state index >= 15 is 0 Å². The SMILES string of the molecule is CC1CN(C(Cl)c2ccccc2)CC1c1nn2c(C3CCOCC3)ncc2c(=O)[nH]1. The van der Waals surface area contributed by atoms with Gasteiger partial charge in [0.25, 0.3) is 5.56 Å². The molecule has 2 saturated heterocycles. The molecule has 1 aromatic carbocycles. The van der Waals surface area contributed by atoms with E-state index in [0.29, 0.717) is 17.3 Å². The molecule has 2 aliphatic rings. The number of alkyl halides is 1. The van der Waals surface area contributed by atoms with Crippen LogP contribution in [0.2, 0.25) is 0 Å². The summed E-state index contributed by atoms with van der Waals surface area (Å²) >= 11 is 6.77. The van der Waals surface area contributed by atoms with Crippen molar-refractivity contribution in [2.75, 3.05) is 26.3 Å². The van der Waals surface area contributed by atoms with Crippen LogP contribution in [0.15, 0.2) is 41.3 Å². The molecule has 1 N–H and O–H groups in total. The van der Waals surface area contributed by atoms with E-state index in [4.69, 9.17) is 21.4 Å². The van der Waals surface area contributed by atoms with Crippen LogP contribution < -0.4 is 5.56 Å². The quantitative estimate of drug-likeness (QED) is 0.510. The summed E-state index contributed by atoms with van der Waals surface area (Å²) in [4.78, 5) is 22.6. The molecule has 5 rings (SSSR count). The first-order valence-electron chi connectivity index (χ1n) is 10.6. The van der Waals surface area contributed by atoms with Crippen LogP contribution in [-0.2, 0) is 4.74 Å². The van der Waals surface area contributed by atoms with Crippen molar-refractivity contribution in [3.63, 3.8) is 0 Å². The third-order valence-electron chi connectivity index (χ3n) is 6.42.